The lowest BCUT2D eigenvalue weighted by atomic mass is 9.81. The van der Waals surface area contributed by atoms with E-state index in [-0.39, 0.29) is 47.8 Å². The van der Waals surface area contributed by atoms with E-state index in [0.717, 1.165) is 12.8 Å². The van der Waals surface area contributed by atoms with Crippen molar-refractivity contribution in [1.29, 1.82) is 0 Å². The molecule has 9 atom stereocenters. The molecular formula is C28H41N5O6. The summed E-state index contributed by atoms with van der Waals surface area (Å²) in [5, 5.41) is 8.48. The number of carbonyl (C=O) groups excluding carboxylic acids is 5. The van der Waals surface area contributed by atoms with Crippen molar-refractivity contribution in [2.24, 2.45) is 40.7 Å². The number of amides is 5. The van der Waals surface area contributed by atoms with Gasteiger partial charge in [-0.25, -0.2) is 0 Å². The zero-order valence-electron chi connectivity index (χ0n) is 23.0. The second-order valence-electron chi connectivity index (χ2n) is 12.9. The molecule has 2 aliphatic carbocycles. The first-order chi connectivity index (χ1) is 18.5. The van der Waals surface area contributed by atoms with Crippen LogP contribution in [-0.4, -0.2) is 78.4 Å². The Hall–Kier alpha value is -2.95. The largest absolute Gasteiger partial charge is 0.368 e. The highest BCUT2D eigenvalue weighted by atomic mass is 16.5. The van der Waals surface area contributed by atoms with Gasteiger partial charge in [0.2, 0.25) is 29.5 Å². The monoisotopic (exact) mass is 543 g/mol. The number of nitrogens with two attached hydrogens (primary N) is 1. The van der Waals surface area contributed by atoms with E-state index in [9.17, 15) is 24.0 Å². The van der Waals surface area contributed by atoms with Crippen LogP contribution >= 0.6 is 0 Å². The van der Waals surface area contributed by atoms with Crippen molar-refractivity contribution in [2.75, 3.05) is 19.7 Å². The van der Waals surface area contributed by atoms with E-state index >= 15 is 0 Å². The summed E-state index contributed by atoms with van der Waals surface area (Å²) in [7, 11) is 0. The summed E-state index contributed by atoms with van der Waals surface area (Å²) in [5.41, 5.74) is 5.03. The van der Waals surface area contributed by atoms with Gasteiger partial charge in [0.25, 0.3) is 0 Å². The number of likely N-dealkylation sites (tertiary alicyclic amines) is 1. The van der Waals surface area contributed by atoms with Gasteiger partial charge < -0.3 is 31.3 Å². The fourth-order valence-electron chi connectivity index (χ4n) is 7.27. The van der Waals surface area contributed by atoms with E-state index in [1.807, 2.05) is 20.8 Å². The zero-order valence-corrected chi connectivity index (χ0v) is 23.0. The van der Waals surface area contributed by atoms with Gasteiger partial charge in [-0.15, -0.1) is 0 Å². The van der Waals surface area contributed by atoms with E-state index < -0.39 is 47.4 Å². The molecular weight excluding hydrogens is 502 g/mol. The Bertz CT molecular complexity index is 1060. The molecule has 0 spiro atoms. The molecule has 0 aromatic rings. The molecule has 11 nitrogen and oxygen atoms in total. The third kappa shape index (κ3) is 5.29. The summed E-state index contributed by atoms with van der Waals surface area (Å²) in [6.45, 7) is 7.11. The topological polar surface area (TPSA) is 160 Å². The van der Waals surface area contributed by atoms with Crippen LogP contribution in [0.4, 0.5) is 0 Å². The predicted molar refractivity (Wildman–Crippen MR) is 140 cm³/mol. The van der Waals surface area contributed by atoms with Crippen molar-refractivity contribution >= 4 is 29.5 Å². The molecule has 3 saturated heterocycles. The van der Waals surface area contributed by atoms with Crippen LogP contribution in [0.3, 0.4) is 0 Å². The Morgan fingerprint density at radius 2 is 1.87 bits per heavy atom. The van der Waals surface area contributed by atoms with Crippen LogP contribution in [0.1, 0.15) is 52.9 Å². The lowest BCUT2D eigenvalue weighted by Gasteiger charge is -2.37. The Morgan fingerprint density at radius 1 is 1.13 bits per heavy atom. The number of hydrogen-bond acceptors (Lipinski definition) is 6. The standard InChI is InChI=1S/C28H41N5O6/c1-28(2,3)22(32-25(36)19-5-4-10-39-19)27(38)33-13-17-14-6-7-15(11-14)20(17)21(33)26(37)31-18(23(29)34)12-16-8-9-30-24(16)35/h6-7,14-22H,4-5,8-13H2,1-3H3,(H2,29,34)(H,30,35)(H,31,37)(H,32,36)/t14-,15+,16+,17-,18+,19-,20+,21+,22-/m1/s1. The molecule has 0 radical (unpaired) electrons. The van der Waals surface area contributed by atoms with E-state index in [1.165, 1.54) is 0 Å². The molecule has 0 aromatic carbocycles. The van der Waals surface area contributed by atoms with Gasteiger partial charge in [0.1, 0.15) is 24.2 Å². The Labute approximate surface area is 229 Å². The molecule has 39 heavy (non-hydrogen) atoms. The number of ether oxygens (including phenoxy) is 1. The van der Waals surface area contributed by atoms with Crippen molar-refractivity contribution in [3.8, 4) is 0 Å². The summed E-state index contributed by atoms with van der Waals surface area (Å²) in [6, 6.07) is -2.68. The van der Waals surface area contributed by atoms with Crippen LogP contribution in [-0.2, 0) is 28.7 Å². The first kappa shape index (κ1) is 27.6. The average Bonchev–Trinajstić information content (AvgIpc) is 3.68. The van der Waals surface area contributed by atoms with Gasteiger partial charge in [-0.1, -0.05) is 32.9 Å². The second-order valence-corrected chi connectivity index (χ2v) is 12.9. The second kappa shape index (κ2) is 10.6. The minimum absolute atomic E-state index is 0.0817. The third-order valence-electron chi connectivity index (χ3n) is 9.31. The first-order valence-corrected chi connectivity index (χ1v) is 14.2. The van der Waals surface area contributed by atoms with E-state index in [2.05, 4.69) is 28.1 Å². The Balaban J connectivity index is 1.38. The van der Waals surface area contributed by atoms with Crippen LogP contribution in [0, 0.1) is 35.0 Å². The number of rotatable bonds is 8. The van der Waals surface area contributed by atoms with Gasteiger partial charge in [0.15, 0.2) is 0 Å². The van der Waals surface area contributed by atoms with E-state index in [4.69, 9.17) is 10.5 Å². The number of hydrogen-bond donors (Lipinski definition) is 4. The van der Waals surface area contributed by atoms with Gasteiger partial charge >= 0.3 is 0 Å². The maximum absolute atomic E-state index is 14.2. The normalized spacial score (nSPS) is 34.5. The zero-order chi connectivity index (χ0) is 28.1. The molecule has 11 heteroatoms. The number of primary amides is 1. The van der Waals surface area contributed by atoms with Crippen molar-refractivity contribution in [3.05, 3.63) is 12.2 Å². The van der Waals surface area contributed by atoms with Crippen molar-refractivity contribution < 1.29 is 28.7 Å². The summed E-state index contributed by atoms with van der Waals surface area (Å²) >= 11 is 0. The highest BCUT2D eigenvalue weighted by molar-refractivity contribution is 5.96. The molecule has 214 valence electrons. The lowest BCUT2D eigenvalue weighted by molar-refractivity contribution is -0.146. The molecule has 2 bridgehead atoms. The van der Waals surface area contributed by atoms with Crippen LogP contribution in [0.5, 0.6) is 0 Å². The minimum atomic E-state index is -1.02. The maximum Gasteiger partial charge on any atom is 0.249 e. The molecule has 5 aliphatic rings. The summed E-state index contributed by atoms with van der Waals surface area (Å²) < 4.78 is 5.54. The van der Waals surface area contributed by atoms with Crippen LogP contribution in [0.2, 0.25) is 0 Å². The van der Waals surface area contributed by atoms with Crippen molar-refractivity contribution in [1.82, 2.24) is 20.9 Å². The Kier molecular flexibility index (Phi) is 7.47. The van der Waals surface area contributed by atoms with Gasteiger partial charge in [-0.3, -0.25) is 24.0 Å². The average molecular weight is 544 g/mol. The van der Waals surface area contributed by atoms with Gasteiger partial charge in [0.05, 0.1) is 0 Å². The van der Waals surface area contributed by atoms with Crippen LogP contribution in [0.15, 0.2) is 12.2 Å². The number of nitrogens with zero attached hydrogens (tertiary/aromatic N) is 1. The van der Waals surface area contributed by atoms with Crippen molar-refractivity contribution in [3.63, 3.8) is 0 Å². The number of nitrogens with one attached hydrogen (secondary N) is 3. The van der Waals surface area contributed by atoms with Crippen LogP contribution < -0.4 is 21.7 Å². The first-order valence-electron chi connectivity index (χ1n) is 14.2. The van der Waals surface area contributed by atoms with Gasteiger partial charge in [-0.05, 0) is 61.2 Å². The SMILES string of the molecule is CC(C)(C)[C@H](NC(=O)[C@H]1CCCO1)C(=O)N1C[C@H]2[C@@H]([C@H]1C(=O)N[C@@H](C[C@@H]1CCNC1=O)C(N)=O)[C@H]1C=C[C@@H]2C1. The third-order valence-corrected chi connectivity index (χ3v) is 9.31. The smallest absolute Gasteiger partial charge is 0.249 e. The number of fused-ring (bicyclic) bond motifs is 5. The summed E-state index contributed by atoms with van der Waals surface area (Å²) in [6.07, 6.45) is 6.78. The van der Waals surface area contributed by atoms with Crippen molar-refractivity contribution in [2.45, 2.75) is 77.1 Å². The quantitative estimate of drug-likeness (QED) is 0.311. The van der Waals surface area contributed by atoms with E-state index in [0.29, 0.717) is 32.5 Å². The molecule has 3 heterocycles. The number of allylic oxidation sites excluding steroid dienone is 2. The minimum Gasteiger partial charge on any atom is -0.368 e. The molecule has 5 N–H and O–H groups in total. The molecule has 5 rings (SSSR count). The van der Waals surface area contributed by atoms with Gasteiger partial charge in [0, 0.05) is 25.6 Å². The van der Waals surface area contributed by atoms with Crippen LogP contribution in [0.25, 0.3) is 0 Å². The molecule has 3 aliphatic heterocycles. The summed E-state index contributed by atoms with van der Waals surface area (Å²) in [4.78, 5) is 67.1. The predicted octanol–water partition coefficient (Wildman–Crippen LogP) is -0.158. The fraction of sp³-hybridized carbons (Fsp3) is 0.750. The number of carbonyl (C=O) groups is 5. The molecule has 0 aromatic heterocycles. The Morgan fingerprint density at radius 3 is 2.49 bits per heavy atom. The highest BCUT2D eigenvalue weighted by Crippen LogP contribution is 2.54. The summed E-state index contributed by atoms with van der Waals surface area (Å²) in [5.74, 6) is -1.82. The van der Waals surface area contributed by atoms with Gasteiger partial charge in [-0.2, -0.15) is 0 Å². The maximum atomic E-state index is 14.2. The lowest BCUT2D eigenvalue weighted by Crippen LogP contribution is -2.61. The molecule has 5 amide bonds. The molecule has 4 fully saturated rings. The molecule has 0 unspecified atom stereocenters. The fourth-order valence-corrected chi connectivity index (χ4v) is 7.27. The van der Waals surface area contributed by atoms with E-state index in [1.54, 1.807) is 4.90 Å². The molecule has 1 saturated carbocycles. The highest BCUT2D eigenvalue weighted by Gasteiger charge is 2.59.